The van der Waals surface area contributed by atoms with E-state index in [1.807, 2.05) is 13.2 Å². The lowest BCUT2D eigenvalue weighted by molar-refractivity contribution is -0.142. The number of nitrogens with one attached hydrogen (secondary N) is 1. The fourth-order valence-electron chi connectivity index (χ4n) is 1.19. The monoisotopic (exact) mass is 249 g/mol. The van der Waals surface area contributed by atoms with Crippen molar-refractivity contribution in [3.8, 4) is 0 Å². The van der Waals surface area contributed by atoms with E-state index in [9.17, 15) is 4.79 Å². The highest BCUT2D eigenvalue weighted by Crippen LogP contribution is 2.09. The summed E-state index contributed by atoms with van der Waals surface area (Å²) in [6.45, 7) is 4.83. The summed E-state index contributed by atoms with van der Waals surface area (Å²) in [5.74, 6) is -0.224. The number of aliphatic hydroxyl groups excluding tert-OH is 1. The van der Waals surface area contributed by atoms with Crippen molar-refractivity contribution in [2.75, 3.05) is 26.0 Å². The Morgan fingerprint density at radius 3 is 2.75 bits per heavy atom. The van der Waals surface area contributed by atoms with Crippen LogP contribution in [-0.4, -0.2) is 48.4 Å². The summed E-state index contributed by atoms with van der Waals surface area (Å²) in [6, 6.07) is 0.0960. The van der Waals surface area contributed by atoms with Gasteiger partial charge in [0.1, 0.15) is 0 Å². The van der Waals surface area contributed by atoms with Crippen LogP contribution >= 0.6 is 11.8 Å². The summed E-state index contributed by atoms with van der Waals surface area (Å²) in [4.78, 5) is 11.3. The Balaban J connectivity index is 3.65. The van der Waals surface area contributed by atoms with Gasteiger partial charge in [-0.2, -0.15) is 11.8 Å². The lowest BCUT2D eigenvalue weighted by atomic mass is 10.2. The smallest absolute Gasteiger partial charge is 0.319 e. The quantitative estimate of drug-likeness (QED) is 0.472. The molecule has 0 aliphatic heterocycles. The second kappa shape index (κ2) is 9.93. The first-order chi connectivity index (χ1) is 7.65. The summed E-state index contributed by atoms with van der Waals surface area (Å²) in [5, 5.41) is 12.2. The number of aliphatic hydroxyl groups is 1. The zero-order valence-corrected chi connectivity index (χ0v) is 11.2. The van der Waals surface area contributed by atoms with Gasteiger partial charge < -0.3 is 15.2 Å². The van der Waals surface area contributed by atoms with E-state index in [0.29, 0.717) is 6.61 Å². The number of esters is 1. The van der Waals surface area contributed by atoms with Gasteiger partial charge in [-0.1, -0.05) is 13.3 Å². The van der Waals surface area contributed by atoms with Crippen LogP contribution in [0.1, 0.15) is 26.7 Å². The molecule has 0 aromatic heterocycles. The maximum absolute atomic E-state index is 11.3. The lowest BCUT2D eigenvalue weighted by Gasteiger charge is -2.20. The van der Waals surface area contributed by atoms with Gasteiger partial charge in [0.05, 0.1) is 19.8 Å². The van der Waals surface area contributed by atoms with Gasteiger partial charge in [0.25, 0.3) is 0 Å². The van der Waals surface area contributed by atoms with Gasteiger partial charge in [0, 0.05) is 11.3 Å². The van der Waals surface area contributed by atoms with Crippen LogP contribution < -0.4 is 5.32 Å². The van der Waals surface area contributed by atoms with Gasteiger partial charge >= 0.3 is 5.97 Å². The molecular formula is C11H23NO3S. The molecule has 0 radical (unpaired) electrons. The Kier molecular flexibility index (Phi) is 9.77. The summed E-state index contributed by atoms with van der Waals surface area (Å²) in [6.07, 6.45) is 3.88. The SMILES string of the molecule is CCCCOC(=O)CNC(C)C(CO)SC. The van der Waals surface area contributed by atoms with Crippen molar-refractivity contribution in [3.05, 3.63) is 0 Å². The van der Waals surface area contributed by atoms with Crippen molar-refractivity contribution >= 4 is 17.7 Å². The minimum atomic E-state index is -0.224. The van der Waals surface area contributed by atoms with E-state index in [1.165, 1.54) is 0 Å². The molecule has 2 N–H and O–H groups in total. The molecule has 96 valence electrons. The molecule has 0 saturated carbocycles. The minimum Gasteiger partial charge on any atom is -0.465 e. The summed E-state index contributed by atoms with van der Waals surface area (Å²) >= 11 is 1.59. The Morgan fingerprint density at radius 2 is 2.25 bits per heavy atom. The van der Waals surface area contributed by atoms with Gasteiger partial charge in [-0.15, -0.1) is 0 Å². The van der Waals surface area contributed by atoms with Crippen LogP contribution in [-0.2, 0) is 9.53 Å². The highest BCUT2D eigenvalue weighted by atomic mass is 32.2. The number of carbonyl (C=O) groups excluding carboxylic acids is 1. The Hall–Kier alpha value is -0.260. The van der Waals surface area contributed by atoms with Crippen LogP contribution in [0.15, 0.2) is 0 Å². The van der Waals surface area contributed by atoms with E-state index in [1.54, 1.807) is 11.8 Å². The highest BCUT2D eigenvalue weighted by molar-refractivity contribution is 7.99. The van der Waals surface area contributed by atoms with Gasteiger partial charge in [0.2, 0.25) is 0 Å². The van der Waals surface area contributed by atoms with Crippen LogP contribution in [0.3, 0.4) is 0 Å². The standard InChI is InChI=1S/C11H23NO3S/c1-4-5-6-15-11(14)7-12-9(2)10(8-13)16-3/h9-10,12-13H,4-8H2,1-3H3. The maximum Gasteiger partial charge on any atom is 0.319 e. The first kappa shape index (κ1) is 15.7. The van der Waals surface area contributed by atoms with Crippen molar-refractivity contribution < 1.29 is 14.6 Å². The third-order valence-electron chi connectivity index (χ3n) is 2.37. The van der Waals surface area contributed by atoms with Crippen LogP contribution in [0.4, 0.5) is 0 Å². The van der Waals surface area contributed by atoms with E-state index >= 15 is 0 Å². The summed E-state index contributed by atoms with van der Waals surface area (Å²) in [5.41, 5.74) is 0. The highest BCUT2D eigenvalue weighted by Gasteiger charge is 2.15. The molecule has 0 amide bonds. The molecule has 0 fully saturated rings. The van der Waals surface area contributed by atoms with Crippen LogP contribution in [0.5, 0.6) is 0 Å². The van der Waals surface area contributed by atoms with E-state index < -0.39 is 0 Å². The second-order valence-corrected chi connectivity index (χ2v) is 4.78. The molecule has 4 nitrogen and oxygen atoms in total. The van der Waals surface area contributed by atoms with E-state index in [-0.39, 0.29) is 30.4 Å². The molecular weight excluding hydrogens is 226 g/mol. The predicted molar refractivity (Wildman–Crippen MR) is 67.7 cm³/mol. The molecule has 16 heavy (non-hydrogen) atoms. The molecule has 0 aromatic rings. The number of thioether (sulfide) groups is 1. The lowest BCUT2D eigenvalue weighted by Crippen LogP contribution is -2.40. The van der Waals surface area contributed by atoms with Crippen molar-refractivity contribution in [1.82, 2.24) is 5.32 Å². The molecule has 0 aliphatic carbocycles. The van der Waals surface area contributed by atoms with Crippen molar-refractivity contribution in [3.63, 3.8) is 0 Å². The fraction of sp³-hybridized carbons (Fsp3) is 0.909. The Morgan fingerprint density at radius 1 is 1.56 bits per heavy atom. The van der Waals surface area contributed by atoms with Crippen molar-refractivity contribution in [2.24, 2.45) is 0 Å². The average Bonchev–Trinajstić information content (AvgIpc) is 2.28. The first-order valence-corrected chi connectivity index (χ1v) is 6.97. The normalized spacial score (nSPS) is 14.5. The van der Waals surface area contributed by atoms with Crippen LogP contribution in [0, 0.1) is 0 Å². The van der Waals surface area contributed by atoms with E-state index in [4.69, 9.17) is 9.84 Å². The van der Waals surface area contributed by atoms with Gasteiger partial charge in [-0.3, -0.25) is 4.79 Å². The maximum atomic E-state index is 11.3. The zero-order chi connectivity index (χ0) is 12.4. The number of ether oxygens (including phenoxy) is 1. The molecule has 5 heteroatoms. The number of rotatable bonds is 9. The average molecular weight is 249 g/mol. The van der Waals surface area contributed by atoms with Crippen molar-refractivity contribution in [2.45, 2.75) is 38.0 Å². The fourth-order valence-corrected chi connectivity index (χ4v) is 1.85. The summed E-state index contributed by atoms with van der Waals surface area (Å²) in [7, 11) is 0. The van der Waals surface area contributed by atoms with Crippen LogP contribution in [0.25, 0.3) is 0 Å². The predicted octanol–water partition coefficient (Wildman–Crippen LogP) is 1.03. The molecule has 0 rings (SSSR count). The second-order valence-electron chi connectivity index (χ2n) is 3.70. The molecule has 0 saturated heterocycles. The van der Waals surface area contributed by atoms with Crippen LogP contribution in [0.2, 0.25) is 0 Å². The van der Waals surface area contributed by atoms with Crippen molar-refractivity contribution in [1.29, 1.82) is 0 Å². The van der Waals surface area contributed by atoms with E-state index in [0.717, 1.165) is 12.8 Å². The molecule has 0 heterocycles. The first-order valence-electron chi connectivity index (χ1n) is 5.68. The van der Waals surface area contributed by atoms with Gasteiger partial charge in [0.15, 0.2) is 0 Å². The molecule has 0 aromatic carbocycles. The van der Waals surface area contributed by atoms with Gasteiger partial charge in [-0.05, 0) is 19.6 Å². The number of hydrogen-bond acceptors (Lipinski definition) is 5. The molecule has 0 spiro atoms. The zero-order valence-electron chi connectivity index (χ0n) is 10.4. The number of hydrogen-bond donors (Lipinski definition) is 2. The largest absolute Gasteiger partial charge is 0.465 e. The molecule has 0 aliphatic rings. The number of unbranched alkanes of at least 4 members (excludes halogenated alkanes) is 1. The van der Waals surface area contributed by atoms with E-state index in [2.05, 4.69) is 12.2 Å². The third-order valence-corrected chi connectivity index (χ3v) is 3.53. The topological polar surface area (TPSA) is 58.6 Å². The molecule has 2 unspecified atom stereocenters. The summed E-state index contributed by atoms with van der Waals surface area (Å²) < 4.78 is 5.01. The Labute approximate surface area is 102 Å². The van der Waals surface area contributed by atoms with Gasteiger partial charge in [-0.25, -0.2) is 0 Å². The number of carbonyl (C=O) groups is 1. The molecule has 0 bridgehead atoms. The Bertz CT molecular complexity index is 186. The molecule has 2 atom stereocenters. The minimum absolute atomic E-state index is 0.0960. The third kappa shape index (κ3) is 7.09.